The van der Waals surface area contributed by atoms with Gasteiger partial charge in [-0.2, -0.15) is 0 Å². The molecule has 116 valence electrons. The van der Waals surface area contributed by atoms with E-state index in [0.29, 0.717) is 23.9 Å². The Morgan fingerprint density at radius 1 is 1.38 bits per heavy atom. The van der Waals surface area contributed by atoms with E-state index >= 15 is 0 Å². The largest absolute Gasteiger partial charge is 0.462 e. The summed E-state index contributed by atoms with van der Waals surface area (Å²) in [6.07, 6.45) is 1.12. The minimum atomic E-state index is -0.319. The summed E-state index contributed by atoms with van der Waals surface area (Å²) in [6, 6.07) is 5.98. The Labute approximate surface area is 126 Å². The lowest BCUT2D eigenvalue weighted by Gasteiger charge is -2.40. The fraction of sp³-hybridized carbons (Fsp3) is 0.562. The molecule has 1 aliphatic rings. The average molecular weight is 291 g/mol. The molecular formula is C16H25N3O2. The molecule has 1 unspecified atom stereocenters. The topological polar surface area (TPSA) is 58.8 Å². The van der Waals surface area contributed by atoms with E-state index in [2.05, 4.69) is 23.8 Å². The molecule has 5 nitrogen and oxygen atoms in total. The van der Waals surface area contributed by atoms with Crippen molar-refractivity contribution in [1.82, 2.24) is 4.90 Å². The highest BCUT2D eigenvalue weighted by molar-refractivity contribution is 5.92. The van der Waals surface area contributed by atoms with E-state index in [1.807, 2.05) is 6.07 Å². The number of nitrogens with two attached hydrogens (primary N) is 1. The van der Waals surface area contributed by atoms with Gasteiger partial charge in [0.2, 0.25) is 0 Å². The third-order valence-corrected chi connectivity index (χ3v) is 4.13. The number of ether oxygens (including phenoxy) is 1. The SMILES string of the molecule is CCOC(=O)c1ccc(N2CCN(C)C(CC)C2)c(N)c1. The van der Waals surface area contributed by atoms with E-state index in [9.17, 15) is 4.79 Å². The third kappa shape index (κ3) is 3.47. The first-order valence-corrected chi connectivity index (χ1v) is 7.58. The van der Waals surface area contributed by atoms with E-state index in [1.165, 1.54) is 0 Å². The number of piperazine rings is 1. The van der Waals surface area contributed by atoms with Gasteiger partial charge in [0, 0.05) is 25.7 Å². The number of esters is 1. The Morgan fingerprint density at radius 3 is 2.76 bits per heavy atom. The summed E-state index contributed by atoms with van der Waals surface area (Å²) in [6.45, 7) is 7.32. The summed E-state index contributed by atoms with van der Waals surface area (Å²) in [5, 5.41) is 0. The average Bonchev–Trinajstić information content (AvgIpc) is 2.48. The van der Waals surface area contributed by atoms with Crippen LogP contribution in [0.5, 0.6) is 0 Å². The zero-order chi connectivity index (χ0) is 15.4. The van der Waals surface area contributed by atoms with Gasteiger partial charge >= 0.3 is 5.97 Å². The molecule has 1 heterocycles. The predicted molar refractivity (Wildman–Crippen MR) is 85.7 cm³/mol. The van der Waals surface area contributed by atoms with Crippen molar-refractivity contribution >= 4 is 17.3 Å². The Bertz CT molecular complexity index is 504. The minimum absolute atomic E-state index is 0.319. The van der Waals surface area contributed by atoms with Crippen molar-refractivity contribution in [3.8, 4) is 0 Å². The zero-order valence-electron chi connectivity index (χ0n) is 13.1. The first kappa shape index (κ1) is 15.6. The van der Waals surface area contributed by atoms with Crippen LogP contribution in [-0.4, -0.2) is 50.2 Å². The fourth-order valence-electron chi connectivity index (χ4n) is 2.79. The summed E-state index contributed by atoms with van der Waals surface area (Å²) in [4.78, 5) is 16.4. The maximum absolute atomic E-state index is 11.7. The molecule has 1 aromatic carbocycles. The van der Waals surface area contributed by atoms with E-state index in [0.717, 1.165) is 31.7 Å². The number of likely N-dealkylation sites (N-methyl/N-ethyl adjacent to an activating group) is 1. The maximum Gasteiger partial charge on any atom is 0.338 e. The highest BCUT2D eigenvalue weighted by atomic mass is 16.5. The molecule has 0 aromatic heterocycles. The third-order valence-electron chi connectivity index (χ3n) is 4.13. The van der Waals surface area contributed by atoms with Crippen molar-refractivity contribution in [3.63, 3.8) is 0 Å². The number of benzene rings is 1. The van der Waals surface area contributed by atoms with Gasteiger partial charge < -0.3 is 15.4 Å². The number of nitrogen functional groups attached to an aromatic ring is 1. The van der Waals surface area contributed by atoms with Crippen LogP contribution in [0.4, 0.5) is 11.4 Å². The molecule has 1 atom stereocenters. The predicted octanol–water partition coefficient (Wildman–Crippen LogP) is 1.98. The number of carbonyl (C=O) groups is 1. The van der Waals surface area contributed by atoms with Gasteiger partial charge in [-0.05, 0) is 38.6 Å². The maximum atomic E-state index is 11.7. The molecular weight excluding hydrogens is 266 g/mol. The molecule has 0 aliphatic carbocycles. The second-order valence-electron chi connectivity index (χ2n) is 5.48. The molecule has 0 saturated carbocycles. The van der Waals surface area contributed by atoms with Crippen molar-refractivity contribution in [2.24, 2.45) is 0 Å². The van der Waals surface area contributed by atoms with Crippen LogP contribution in [0.1, 0.15) is 30.6 Å². The van der Waals surface area contributed by atoms with Gasteiger partial charge in [0.15, 0.2) is 0 Å². The summed E-state index contributed by atoms with van der Waals surface area (Å²) >= 11 is 0. The molecule has 5 heteroatoms. The minimum Gasteiger partial charge on any atom is -0.462 e. The Morgan fingerprint density at radius 2 is 2.14 bits per heavy atom. The van der Waals surface area contributed by atoms with Gasteiger partial charge in [-0.1, -0.05) is 6.92 Å². The van der Waals surface area contributed by atoms with E-state index in [1.54, 1.807) is 19.1 Å². The van der Waals surface area contributed by atoms with Crippen LogP contribution < -0.4 is 10.6 Å². The molecule has 21 heavy (non-hydrogen) atoms. The molecule has 0 amide bonds. The molecule has 0 bridgehead atoms. The van der Waals surface area contributed by atoms with Gasteiger partial charge in [-0.25, -0.2) is 4.79 Å². The highest BCUT2D eigenvalue weighted by Crippen LogP contribution is 2.27. The summed E-state index contributed by atoms with van der Waals surface area (Å²) in [5.41, 5.74) is 8.31. The normalized spacial score (nSPS) is 19.6. The number of anilines is 2. The second-order valence-corrected chi connectivity index (χ2v) is 5.48. The Balaban J connectivity index is 2.15. The number of hydrogen-bond acceptors (Lipinski definition) is 5. The van der Waals surface area contributed by atoms with Gasteiger partial charge in [0.05, 0.1) is 23.5 Å². The molecule has 1 aromatic rings. The van der Waals surface area contributed by atoms with Crippen LogP contribution in [-0.2, 0) is 4.74 Å². The fourth-order valence-corrected chi connectivity index (χ4v) is 2.79. The standard InChI is InChI=1S/C16H25N3O2/c1-4-13-11-19(9-8-18(13)3)15-7-6-12(10-14(15)17)16(20)21-5-2/h6-7,10,13H,4-5,8-9,11,17H2,1-3H3. The van der Waals surface area contributed by atoms with Crippen molar-refractivity contribution in [3.05, 3.63) is 23.8 Å². The molecule has 1 saturated heterocycles. The Kier molecular flexibility index (Phi) is 5.07. The van der Waals surface area contributed by atoms with Crippen molar-refractivity contribution in [1.29, 1.82) is 0 Å². The van der Waals surface area contributed by atoms with Crippen LogP contribution in [0.3, 0.4) is 0 Å². The number of hydrogen-bond donors (Lipinski definition) is 1. The molecule has 1 fully saturated rings. The number of carbonyl (C=O) groups excluding carboxylic acids is 1. The lowest BCUT2D eigenvalue weighted by molar-refractivity contribution is 0.0526. The number of rotatable bonds is 4. The molecule has 2 rings (SSSR count). The first-order chi connectivity index (χ1) is 10.1. The summed E-state index contributed by atoms with van der Waals surface area (Å²) in [5.74, 6) is -0.319. The van der Waals surface area contributed by atoms with Crippen LogP contribution in [0.2, 0.25) is 0 Å². The van der Waals surface area contributed by atoms with Gasteiger partial charge in [-0.15, -0.1) is 0 Å². The van der Waals surface area contributed by atoms with Gasteiger partial charge in [0.25, 0.3) is 0 Å². The van der Waals surface area contributed by atoms with Gasteiger partial charge in [0.1, 0.15) is 0 Å². The smallest absolute Gasteiger partial charge is 0.338 e. The van der Waals surface area contributed by atoms with Crippen molar-refractivity contribution < 1.29 is 9.53 Å². The van der Waals surface area contributed by atoms with E-state index in [-0.39, 0.29) is 5.97 Å². The van der Waals surface area contributed by atoms with Crippen LogP contribution in [0.15, 0.2) is 18.2 Å². The monoisotopic (exact) mass is 291 g/mol. The highest BCUT2D eigenvalue weighted by Gasteiger charge is 2.24. The lowest BCUT2D eigenvalue weighted by Crippen LogP contribution is -2.51. The Hall–Kier alpha value is -1.75. The van der Waals surface area contributed by atoms with Gasteiger partial charge in [-0.3, -0.25) is 4.90 Å². The zero-order valence-corrected chi connectivity index (χ0v) is 13.1. The van der Waals surface area contributed by atoms with Crippen molar-refractivity contribution in [2.75, 3.05) is 43.9 Å². The molecule has 0 spiro atoms. The molecule has 0 radical (unpaired) electrons. The van der Waals surface area contributed by atoms with Crippen LogP contribution in [0.25, 0.3) is 0 Å². The molecule has 2 N–H and O–H groups in total. The van der Waals surface area contributed by atoms with Crippen molar-refractivity contribution in [2.45, 2.75) is 26.3 Å². The quantitative estimate of drug-likeness (QED) is 0.679. The van der Waals surface area contributed by atoms with Crippen LogP contribution in [0, 0.1) is 0 Å². The van der Waals surface area contributed by atoms with Crippen LogP contribution >= 0.6 is 0 Å². The lowest BCUT2D eigenvalue weighted by atomic mass is 10.1. The first-order valence-electron chi connectivity index (χ1n) is 7.58. The van der Waals surface area contributed by atoms with E-state index in [4.69, 9.17) is 10.5 Å². The second kappa shape index (κ2) is 6.80. The summed E-state index contributed by atoms with van der Waals surface area (Å²) in [7, 11) is 2.17. The molecule has 1 aliphatic heterocycles. The van der Waals surface area contributed by atoms with E-state index < -0.39 is 0 Å². The summed E-state index contributed by atoms with van der Waals surface area (Å²) < 4.78 is 5.00. The number of nitrogens with zero attached hydrogens (tertiary/aromatic N) is 2.